The van der Waals surface area contributed by atoms with Crippen LogP contribution < -0.4 is 13.8 Å². The van der Waals surface area contributed by atoms with E-state index in [-0.39, 0.29) is 10.6 Å². The van der Waals surface area contributed by atoms with Crippen LogP contribution in [0.5, 0.6) is 11.5 Å². The van der Waals surface area contributed by atoms with Gasteiger partial charge in [-0.1, -0.05) is 29.3 Å². The molecule has 0 atom stereocenters. The molecule has 0 aliphatic rings. The van der Waals surface area contributed by atoms with Crippen LogP contribution in [0.15, 0.2) is 71.6 Å². The molecule has 0 radical (unpaired) electrons. The third-order valence-corrected chi connectivity index (χ3v) is 6.58. The lowest BCUT2D eigenvalue weighted by atomic mass is 10.2. The molecule has 31 heavy (non-hydrogen) atoms. The number of ether oxygens (including phenoxy) is 2. The topological polar surface area (TPSA) is 72.9 Å². The summed E-state index contributed by atoms with van der Waals surface area (Å²) in [5.74, 6) is 0.247. The fourth-order valence-electron chi connectivity index (χ4n) is 2.92. The molecule has 1 amide bonds. The molecule has 0 aromatic heterocycles. The molecule has 0 saturated heterocycles. The predicted octanol–water partition coefficient (Wildman–Crippen LogP) is 4.77. The van der Waals surface area contributed by atoms with Crippen molar-refractivity contribution < 1.29 is 22.7 Å². The molecule has 6 nitrogen and oxygen atoms in total. The molecule has 8 heteroatoms. The predicted molar refractivity (Wildman–Crippen MR) is 121 cm³/mol. The van der Waals surface area contributed by atoms with E-state index in [9.17, 15) is 13.2 Å². The van der Waals surface area contributed by atoms with Crippen molar-refractivity contribution in [2.45, 2.75) is 18.7 Å². The molecule has 0 unspecified atom stereocenters. The van der Waals surface area contributed by atoms with Crippen LogP contribution in [0.2, 0.25) is 5.02 Å². The maximum atomic E-state index is 13.4. The minimum Gasteiger partial charge on any atom is -0.497 e. The minimum atomic E-state index is -4.17. The van der Waals surface area contributed by atoms with Gasteiger partial charge in [0.2, 0.25) is 0 Å². The number of halogens is 1. The Morgan fingerprint density at radius 3 is 2.19 bits per heavy atom. The first-order valence-electron chi connectivity index (χ1n) is 9.40. The van der Waals surface area contributed by atoms with E-state index in [1.165, 1.54) is 31.4 Å². The van der Waals surface area contributed by atoms with Crippen molar-refractivity contribution in [3.8, 4) is 11.5 Å². The minimum absolute atomic E-state index is 0.00458. The van der Waals surface area contributed by atoms with Gasteiger partial charge in [-0.25, -0.2) is 8.42 Å². The van der Waals surface area contributed by atoms with Gasteiger partial charge >= 0.3 is 0 Å². The van der Waals surface area contributed by atoms with Crippen molar-refractivity contribution in [1.82, 2.24) is 0 Å². The SMILES string of the molecule is COc1ccc(N(C(=O)COc2ccc(Cl)cc2C)S(=O)(=O)c2ccc(C)cc2)cc1. The van der Waals surface area contributed by atoms with Crippen LogP contribution in [-0.4, -0.2) is 28.0 Å². The first kappa shape index (κ1) is 22.7. The van der Waals surface area contributed by atoms with Gasteiger partial charge in [0.1, 0.15) is 11.5 Å². The lowest BCUT2D eigenvalue weighted by Crippen LogP contribution is -2.40. The van der Waals surface area contributed by atoms with Crippen LogP contribution in [0.1, 0.15) is 11.1 Å². The molecular weight excluding hydrogens is 438 g/mol. The number of sulfonamides is 1. The van der Waals surface area contributed by atoms with E-state index in [0.717, 1.165) is 15.4 Å². The van der Waals surface area contributed by atoms with E-state index in [1.54, 1.807) is 49.4 Å². The van der Waals surface area contributed by atoms with Gasteiger partial charge in [-0.2, -0.15) is 4.31 Å². The molecule has 0 bridgehead atoms. The maximum Gasteiger partial charge on any atom is 0.278 e. The average molecular weight is 460 g/mol. The zero-order valence-electron chi connectivity index (χ0n) is 17.3. The Morgan fingerprint density at radius 1 is 0.968 bits per heavy atom. The number of amides is 1. The fourth-order valence-corrected chi connectivity index (χ4v) is 4.56. The van der Waals surface area contributed by atoms with Crippen molar-refractivity contribution in [2.24, 2.45) is 0 Å². The monoisotopic (exact) mass is 459 g/mol. The summed E-state index contributed by atoms with van der Waals surface area (Å²) >= 11 is 5.95. The Kier molecular flexibility index (Phi) is 6.87. The Morgan fingerprint density at radius 2 is 1.61 bits per heavy atom. The van der Waals surface area contributed by atoms with E-state index in [4.69, 9.17) is 21.1 Å². The second-order valence-electron chi connectivity index (χ2n) is 6.87. The van der Waals surface area contributed by atoms with Crippen molar-refractivity contribution in [1.29, 1.82) is 0 Å². The van der Waals surface area contributed by atoms with E-state index >= 15 is 0 Å². The first-order chi connectivity index (χ1) is 14.7. The van der Waals surface area contributed by atoms with E-state index in [2.05, 4.69) is 0 Å². The van der Waals surface area contributed by atoms with Crippen LogP contribution in [0.3, 0.4) is 0 Å². The number of carbonyl (C=O) groups excluding carboxylic acids is 1. The van der Waals surface area contributed by atoms with Gasteiger partial charge < -0.3 is 9.47 Å². The highest BCUT2D eigenvalue weighted by atomic mass is 35.5. The fraction of sp³-hybridized carbons (Fsp3) is 0.174. The summed E-state index contributed by atoms with van der Waals surface area (Å²) in [6, 6.07) is 17.5. The smallest absolute Gasteiger partial charge is 0.278 e. The lowest BCUT2D eigenvalue weighted by Gasteiger charge is -2.23. The molecule has 0 fully saturated rings. The summed E-state index contributed by atoms with van der Waals surface area (Å²) in [6.07, 6.45) is 0. The standard InChI is InChI=1S/C23H22ClNO5S/c1-16-4-11-21(12-5-16)31(27,28)25(19-7-9-20(29-3)10-8-19)23(26)15-30-22-13-6-18(24)14-17(22)2/h4-14H,15H2,1-3H3. The van der Waals surface area contributed by atoms with E-state index in [1.807, 2.05) is 6.92 Å². The van der Waals surface area contributed by atoms with Gasteiger partial charge in [-0.15, -0.1) is 0 Å². The lowest BCUT2D eigenvalue weighted by molar-refractivity contribution is -0.119. The van der Waals surface area contributed by atoms with E-state index < -0.39 is 22.5 Å². The van der Waals surface area contributed by atoms with Gasteiger partial charge in [0.25, 0.3) is 15.9 Å². The van der Waals surface area contributed by atoms with Gasteiger partial charge in [-0.05, 0) is 74.0 Å². The number of methoxy groups -OCH3 is 1. The Bertz CT molecular complexity index is 1180. The van der Waals surface area contributed by atoms with Crippen LogP contribution in [-0.2, 0) is 14.8 Å². The molecule has 162 valence electrons. The zero-order chi connectivity index (χ0) is 22.6. The quantitative estimate of drug-likeness (QED) is 0.509. The first-order valence-corrected chi connectivity index (χ1v) is 11.2. The van der Waals surface area contributed by atoms with Crippen molar-refractivity contribution >= 4 is 33.2 Å². The molecule has 0 saturated carbocycles. The van der Waals surface area contributed by atoms with Gasteiger partial charge in [0.05, 0.1) is 17.7 Å². The Balaban J connectivity index is 1.96. The second-order valence-corrected chi connectivity index (χ2v) is 9.10. The van der Waals surface area contributed by atoms with Gasteiger partial charge in [0.15, 0.2) is 6.61 Å². The number of rotatable bonds is 7. The summed E-state index contributed by atoms with van der Waals surface area (Å²) in [5, 5.41) is 0.540. The molecule has 0 aliphatic heterocycles. The molecule has 3 aromatic carbocycles. The molecule has 0 aliphatic carbocycles. The normalized spacial score (nSPS) is 11.1. The number of benzene rings is 3. The highest BCUT2D eigenvalue weighted by Crippen LogP contribution is 2.27. The van der Waals surface area contributed by atoms with Crippen LogP contribution in [0, 0.1) is 13.8 Å². The number of nitrogens with zero attached hydrogens (tertiary/aromatic N) is 1. The summed E-state index contributed by atoms with van der Waals surface area (Å²) < 4.78 is 38.2. The summed E-state index contributed by atoms with van der Waals surface area (Å²) in [6.45, 7) is 3.17. The molecule has 0 N–H and O–H groups in total. The molecular formula is C23H22ClNO5S. The van der Waals surface area contributed by atoms with Gasteiger partial charge in [0, 0.05) is 5.02 Å². The Hall–Kier alpha value is -3.03. The molecule has 3 rings (SSSR count). The van der Waals surface area contributed by atoms with E-state index in [0.29, 0.717) is 16.5 Å². The number of anilines is 1. The van der Waals surface area contributed by atoms with Gasteiger partial charge in [-0.3, -0.25) is 4.79 Å². The zero-order valence-corrected chi connectivity index (χ0v) is 18.9. The molecule has 0 spiro atoms. The third-order valence-electron chi connectivity index (χ3n) is 4.58. The average Bonchev–Trinajstić information content (AvgIpc) is 2.74. The highest BCUT2D eigenvalue weighted by molar-refractivity contribution is 7.93. The third kappa shape index (κ3) is 5.18. The number of aryl methyl sites for hydroxylation is 2. The van der Waals surface area contributed by atoms with Crippen LogP contribution in [0.4, 0.5) is 5.69 Å². The maximum absolute atomic E-state index is 13.4. The van der Waals surface area contributed by atoms with Crippen molar-refractivity contribution in [3.05, 3.63) is 82.9 Å². The largest absolute Gasteiger partial charge is 0.497 e. The van der Waals surface area contributed by atoms with Crippen molar-refractivity contribution in [3.63, 3.8) is 0 Å². The number of hydrogen-bond acceptors (Lipinski definition) is 5. The summed E-state index contributed by atoms with van der Waals surface area (Å²) in [4.78, 5) is 13.1. The Labute approximate surface area is 187 Å². The van der Waals surface area contributed by atoms with Crippen LogP contribution >= 0.6 is 11.6 Å². The highest BCUT2D eigenvalue weighted by Gasteiger charge is 2.31. The molecule has 0 heterocycles. The summed E-state index contributed by atoms with van der Waals surface area (Å²) in [5.41, 5.74) is 1.82. The van der Waals surface area contributed by atoms with Crippen LogP contribution in [0.25, 0.3) is 0 Å². The second kappa shape index (κ2) is 9.41. The number of hydrogen-bond donors (Lipinski definition) is 0. The number of carbonyl (C=O) groups is 1. The summed E-state index contributed by atoms with van der Waals surface area (Å²) in [7, 11) is -2.67. The van der Waals surface area contributed by atoms with Crippen molar-refractivity contribution in [2.75, 3.05) is 18.0 Å². The molecule has 3 aromatic rings.